The first kappa shape index (κ1) is 27.6. The Morgan fingerprint density at radius 2 is 1.66 bits per heavy atom. The number of aromatic nitrogens is 1. The number of para-hydroxylation sites is 1. The number of aliphatic hydroxyl groups excluding tert-OH is 1. The van der Waals surface area contributed by atoms with Gasteiger partial charge in [-0.1, -0.05) is 41.7 Å². The third-order valence-electron chi connectivity index (χ3n) is 6.65. The molecule has 2 heterocycles. The molecule has 10 heteroatoms. The number of esters is 1. The van der Waals surface area contributed by atoms with Crippen molar-refractivity contribution in [3.05, 3.63) is 106 Å². The monoisotopic (exact) mass is 570 g/mol. The predicted octanol–water partition coefficient (Wildman–Crippen LogP) is 5.97. The van der Waals surface area contributed by atoms with Gasteiger partial charge in [0.2, 0.25) is 0 Å². The van der Waals surface area contributed by atoms with Crippen molar-refractivity contribution < 1.29 is 33.7 Å². The van der Waals surface area contributed by atoms with E-state index in [-0.39, 0.29) is 21.3 Å². The summed E-state index contributed by atoms with van der Waals surface area (Å²) in [5.41, 5.74) is 1.75. The Morgan fingerprint density at radius 1 is 0.927 bits per heavy atom. The fraction of sp³-hybridized carbons (Fsp3) is 0.161. The molecule has 1 atom stereocenters. The van der Waals surface area contributed by atoms with Crippen LogP contribution in [0.1, 0.15) is 38.1 Å². The van der Waals surface area contributed by atoms with E-state index in [9.17, 15) is 19.5 Å². The lowest BCUT2D eigenvalue weighted by Crippen LogP contribution is -2.29. The largest absolute Gasteiger partial charge is 0.507 e. The van der Waals surface area contributed by atoms with Gasteiger partial charge in [-0.2, -0.15) is 0 Å². The number of ether oxygens (including phenoxy) is 3. The Hall–Kier alpha value is -4.96. The van der Waals surface area contributed by atoms with Crippen LogP contribution in [0.2, 0.25) is 0 Å². The van der Waals surface area contributed by atoms with Crippen LogP contribution in [0.5, 0.6) is 17.2 Å². The molecule has 208 valence electrons. The first-order valence-electron chi connectivity index (χ1n) is 12.6. The van der Waals surface area contributed by atoms with Crippen LogP contribution in [0.15, 0.2) is 78.4 Å². The molecule has 1 amide bonds. The van der Waals surface area contributed by atoms with Gasteiger partial charge in [0.05, 0.1) is 31.5 Å². The summed E-state index contributed by atoms with van der Waals surface area (Å²) in [6.45, 7) is 3.39. The van der Waals surface area contributed by atoms with Gasteiger partial charge in [0.25, 0.3) is 5.78 Å². The number of methoxy groups -OCH3 is 2. The van der Waals surface area contributed by atoms with Crippen LogP contribution >= 0.6 is 11.3 Å². The Bertz CT molecular complexity index is 1690. The maximum absolute atomic E-state index is 13.6. The Kier molecular flexibility index (Phi) is 7.58. The van der Waals surface area contributed by atoms with E-state index in [1.54, 1.807) is 68.4 Å². The van der Waals surface area contributed by atoms with E-state index in [0.29, 0.717) is 39.6 Å². The molecular formula is C31H26N2O7S. The number of amides is 1. The molecule has 0 bridgehead atoms. The molecule has 4 aromatic rings. The maximum Gasteiger partial charge on any atom is 0.350 e. The molecule has 1 aromatic heterocycles. The first-order chi connectivity index (χ1) is 19.7. The minimum atomic E-state index is -1.06. The van der Waals surface area contributed by atoms with E-state index >= 15 is 0 Å². The van der Waals surface area contributed by atoms with Crippen LogP contribution in [0.3, 0.4) is 0 Å². The van der Waals surface area contributed by atoms with Gasteiger partial charge in [-0.3, -0.25) is 14.5 Å². The molecule has 0 saturated carbocycles. The molecule has 5 rings (SSSR count). The number of carbonyl (C=O) groups is 3. The molecule has 1 aliphatic rings. The number of carbonyl (C=O) groups excluding carboxylic acids is 3. The predicted molar refractivity (Wildman–Crippen MR) is 154 cm³/mol. The van der Waals surface area contributed by atoms with Gasteiger partial charge in [-0.15, -0.1) is 0 Å². The van der Waals surface area contributed by atoms with Crippen molar-refractivity contribution in [2.24, 2.45) is 0 Å². The third-order valence-corrected chi connectivity index (χ3v) is 7.78. The van der Waals surface area contributed by atoms with Crippen molar-refractivity contribution in [1.29, 1.82) is 0 Å². The highest BCUT2D eigenvalue weighted by Crippen LogP contribution is 2.45. The zero-order chi connectivity index (χ0) is 29.3. The van der Waals surface area contributed by atoms with E-state index in [1.165, 1.54) is 19.1 Å². The lowest BCUT2D eigenvalue weighted by Gasteiger charge is -2.23. The van der Waals surface area contributed by atoms with Crippen LogP contribution in [0.25, 0.3) is 5.76 Å². The standard InChI is InChI=1S/C31H26N2O7S/c1-17-15-21(38-3)13-14-23(17)26(34)24-25(19-9-8-12-22(16-19)40-20-10-6-5-7-11-20)33(29(36)27(24)35)31-32-18(2)28(41-31)30(37)39-4/h5-16,25,34H,1-4H3/t25-/m0/s1. The lowest BCUT2D eigenvalue weighted by atomic mass is 9.94. The number of nitrogens with zero attached hydrogens (tertiary/aromatic N) is 2. The van der Waals surface area contributed by atoms with Gasteiger partial charge in [0.15, 0.2) is 5.13 Å². The number of aliphatic hydroxyl groups is 1. The van der Waals surface area contributed by atoms with E-state index < -0.39 is 23.7 Å². The Labute approximate surface area is 240 Å². The average molecular weight is 571 g/mol. The van der Waals surface area contributed by atoms with Crippen molar-refractivity contribution in [2.45, 2.75) is 19.9 Å². The molecule has 9 nitrogen and oxygen atoms in total. The van der Waals surface area contributed by atoms with Crippen LogP contribution in [-0.2, 0) is 14.3 Å². The number of Topliss-reactive ketones (excluding diaryl/α,β-unsaturated/α-hetero) is 1. The molecule has 0 unspecified atom stereocenters. The zero-order valence-electron chi connectivity index (χ0n) is 22.7. The summed E-state index contributed by atoms with van der Waals surface area (Å²) in [5.74, 6) is -1.07. The summed E-state index contributed by atoms with van der Waals surface area (Å²) in [6, 6.07) is 20.0. The molecule has 41 heavy (non-hydrogen) atoms. The normalized spacial score (nSPS) is 16.1. The van der Waals surface area contributed by atoms with Crippen LogP contribution in [-0.4, -0.2) is 42.0 Å². The van der Waals surface area contributed by atoms with Crippen molar-refractivity contribution in [3.8, 4) is 17.2 Å². The van der Waals surface area contributed by atoms with E-state index in [0.717, 1.165) is 11.3 Å². The summed E-state index contributed by atoms with van der Waals surface area (Å²) < 4.78 is 16.1. The van der Waals surface area contributed by atoms with Gasteiger partial charge in [-0.05, 0) is 67.4 Å². The number of aryl methyl sites for hydroxylation is 2. The van der Waals surface area contributed by atoms with Gasteiger partial charge >= 0.3 is 11.9 Å². The highest BCUT2D eigenvalue weighted by Gasteiger charge is 2.48. The number of rotatable bonds is 7. The third kappa shape index (κ3) is 5.17. The summed E-state index contributed by atoms with van der Waals surface area (Å²) in [7, 11) is 2.78. The number of hydrogen-bond donors (Lipinski definition) is 1. The van der Waals surface area contributed by atoms with Crippen molar-refractivity contribution in [3.63, 3.8) is 0 Å². The smallest absolute Gasteiger partial charge is 0.350 e. The van der Waals surface area contributed by atoms with Crippen LogP contribution < -0.4 is 14.4 Å². The summed E-state index contributed by atoms with van der Waals surface area (Å²) in [5, 5.41) is 11.7. The molecule has 0 aliphatic carbocycles. The minimum Gasteiger partial charge on any atom is -0.507 e. The van der Waals surface area contributed by atoms with Crippen molar-refractivity contribution >= 4 is 39.9 Å². The fourth-order valence-electron chi connectivity index (χ4n) is 4.66. The number of benzene rings is 3. The molecule has 0 radical (unpaired) electrons. The number of hydrogen-bond acceptors (Lipinski definition) is 9. The first-order valence-corrected chi connectivity index (χ1v) is 13.4. The quantitative estimate of drug-likeness (QED) is 0.125. The number of anilines is 1. The van der Waals surface area contributed by atoms with Crippen LogP contribution in [0.4, 0.5) is 5.13 Å². The minimum absolute atomic E-state index is 0.118. The SMILES string of the molecule is COC(=O)c1sc(N2C(=O)C(=O)C(=C(O)c3ccc(OC)cc3C)[C@@H]2c2cccc(Oc3ccccc3)c2)nc1C. The summed E-state index contributed by atoms with van der Waals surface area (Å²) in [6.07, 6.45) is 0. The molecular weight excluding hydrogens is 544 g/mol. The number of ketones is 1. The second-order valence-electron chi connectivity index (χ2n) is 9.24. The van der Waals surface area contributed by atoms with Crippen molar-refractivity contribution in [2.75, 3.05) is 19.1 Å². The summed E-state index contributed by atoms with van der Waals surface area (Å²) in [4.78, 5) is 45.4. The van der Waals surface area contributed by atoms with Crippen molar-refractivity contribution in [1.82, 2.24) is 4.98 Å². The molecule has 1 aliphatic heterocycles. The zero-order valence-corrected chi connectivity index (χ0v) is 23.5. The van der Waals surface area contributed by atoms with Gasteiger partial charge in [0.1, 0.15) is 27.9 Å². The highest BCUT2D eigenvalue weighted by molar-refractivity contribution is 7.17. The molecule has 1 fully saturated rings. The summed E-state index contributed by atoms with van der Waals surface area (Å²) >= 11 is 0.933. The highest BCUT2D eigenvalue weighted by atomic mass is 32.1. The van der Waals surface area contributed by atoms with Crippen LogP contribution in [0, 0.1) is 13.8 Å². The molecule has 1 saturated heterocycles. The molecule has 3 aromatic carbocycles. The second-order valence-corrected chi connectivity index (χ2v) is 10.2. The van der Waals surface area contributed by atoms with E-state index in [1.807, 2.05) is 18.2 Å². The maximum atomic E-state index is 13.6. The van der Waals surface area contributed by atoms with Gasteiger partial charge in [0, 0.05) is 5.56 Å². The van der Waals surface area contributed by atoms with Gasteiger partial charge in [-0.25, -0.2) is 9.78 Å². The number of thiazole rings is 1. The topological polar surface area (TPSA) is 115 Å². The fourth-order valence-corrected chi connectivity index (χ4v) is 5.67. The van der Waals surface area contributed by atoms with Gasteiger partial charge < -0.3 is 19.3 Å². The van der Waals surface area contributed by atoms with E-state index in [4.69, 9.17) is 14.2 Å². The average Bonchev–Trinajstić information content (AvgIpc) is 3.49. The lowest BCUT2D eigenvalue weighted by molar-refractivity contribution is -0.132. The molecule has 1 N–H and O–H groups in total. The Balaban J connectivity index is 1.69. The second kappa shape index (κ2) is 11.3. The van der Waals surface area contributed by atoms with E-state index in [2.05, 4.69) is 4.98 Å². The Morgan fingerprint density at radius 3 is 2.34 bits per heavy atom. The molecule has 0 spiro atoms.